The molecule has 12 nitrogen and oxygen atoms in total. The molecule has 2 aromatic heterocycles. The maximum absolute atomic E-state index is 12.8. The fourth-order valence-corrected chi connectivity index (χ4v) is 8.45. The van der Waals surface area contributed by atoms with Crippen molar-refractivity contribution in [1.82, 2.24) is 9.44 Å². The molecule has 0 aliphatic heterocycles. The summed E-state index contributed by atoms with van der Waals surface area (Å²) in [6, 6.07) is 30.1. The molecule has 274 valence electrons. The number of aliphatic carboxylic acids is 2. The van der Waals surface area contributed by atoms with Gasteiger partial charge in [0.05, 0.1) is 9.79 Å². The number of furan rings is 2. The smallest absolute Gasteiger partial charge is 0.322 e. The minimum absolute atomic E-state index is 0.00846. The summed E-state index contributed by atoms with van der Waals surface area (Å²) < 4.78 is 67.0. The number of fused-ring (bicyclic) bond motifs is 6. The third-order valence-electron chi connectivity index (χ3n) is 8.96. The normalized spacial score (nSPS) is 13.8. The molecule has 0 spiro atoms. The predicted molar refractivity (Wildman–Crippen MR) is 201 cm³/mol. The topological polar surface area (TPSA) is 193 Å². The molecular formula is C39H36N2O10S2. The molecule has 5 aromatic carbocycles. The van der Waals surface area contributed by atoms with Crippen molar-refractivity contribution in [2.24, 2.45) is 5.92 Å². The van der Waals surface area contributed by atoms with E-state index in [9.17, 15) is 36.6 Å². The van der Waals surface area contributed by atoms with Crippen molar-refractivity contribution in [2.75, 3.05) is 0 Å². The van der Waals surface area contributed by atoms with Gasteiger partial charge in [-0.3, -0.25) is 9.59 Å². The fourth-order valence-electron chi connectivity index (χ4n) is 5.91. The standard InChI is InChI=1S/C21H17NO5S.C18H19NO5S/c23-21(24)18(12-14-6-2-1-3-7-14)22-28(25,26)15-10-11-20-17(13-15)16-8-4-5-9-19(16)27-20;1-3-11(2)17(18(20)21)19-25(22,23)12-8-9-16-14(10-12)13-6-4-5-7-15(13)24-16/h1-11,13,18,22H,12H2,(H,23,24);4-11,17,19H,3H2,1-2H3,(H,20,21)/t18-;11?,17-/m00/s1. The van der Waals surface area contributed by atoms with Gasteiger partial charge >= 0.3 is 11.9 Å². The van der Waals surface area contributed by atoms with Crippen LogP contribution in [0.2, 0.25) is 0 Å². The van der Waals surface area contributed by atoms with E-state index in [-0.39, 0.29) is 22.1 Å². The maximum Gasteiger partial charge on any atom is 0.322 e. The van der Waals surface area contributed by atoms with Gasteiger partial charge in [0, 0.05) is 21.5 Å². The fraction of sp³-hybridized carbons (Fsp3) is 0.179. The van der Waals surface area contributed by atoms with Crippen LogP contribution in [0, 0.1) is 5.92 Å². The highest BCUT2D eigenvalue weighted by Crippen LogP contribution is 2.32. The van der Waals surface area contributed by atoms with Crippen molar-refractivity contribution in [3.05, 3.63) is 121 Å². The summed E-state index contributed by atoms with van der Waals surface area (Å²) in [5.41, 5.74) is 3.21. The quantitative estimate of drug-likeness (QED) is 0.102. The summed E-state index contributed by atoms with van der Waals surface area (Å²) in [5.74, 6) is -2.75. The van der Waals surface area contributed by atoms with E-state index in [0.717, 1.165) is 16.3 Å². The second-order valence-electron chi connectivity index (χ2n) is 12.5. The van der Waals surface area contributed by atoms with Crippen LogP contribution in [-0.2, 0) is 36.1 Å². The summed E-state index contributed by atoms with van der Waals surface area (Å²) in [5, 5.41) is 21.8. The Labute approximate surface area is 305 Å². The SMILES string of the molecule is CCC(C)[C@H](NS(=O)(=O)c1ccc2oc3ccccc3c2c1)C(=O)O.O=C(O)[C@H](Cc1ccccc1)NS(=O)(=O)c1ccc2oc3ccccc3c2c1. The van der Waals surface area contributed by atoms with Crippen molar-refractivity contribution < 1.29 is 45.5 Å². The average Bonchev–Trinajstić information content (AvgIpc) is 3.71. The molecule has 2 heterocycles. The third kappa shape index (κ3) is 8.10. The van der Waals surface area contributed by atoms with E-state index in [4.69, 9.17) is 8.83 Å². The second-order valence-corrected chi connectivity index (χ2v) is 16.0. The van der Waals surface area contributed by atoms with Gasteiger partial charge in [-0.25, -0.2) is 16.8 Å². The maximum atomic E-state index is 12.8. The highest BCUT2D eigenvalue weighted by atomic mass is 32.2. The number of hydrogen-bond acceptors (Lipinski definition) is 8. The van der Waals surface area contributed by atoms with Crippen molar-refractivity contribution in [1.29, 1.82) is 0 Å². The number of sulfonamides is 2. The molecule has 0 radical (unpaired) electrons. The van der Waals surface area contributed by atoms with Gasteiger partial charge in [0.1, 0.15) is 34.4 Å². The van der Waals surface area contributed by atoms with Crippen LogP contribution < -0.4 is 9.44 Å². The van der Waals surface area contributed by atoms with Crippen molar-refractivity contribution in [2.45, 2.75) is 48.6 Å². The molecule has 3 atom stereocenters. The summed E-state index contributed by atoms with van der Waals surface area (Å²) in [6.07, 6.45) is 0.594. The molecule has 14 heteroatoms. The van der Waals surface area contributed by atoms with Crippen molar-refractivity contribution >= 4 is 75.9 Å². The van der Waals surface area contributed by atoms with E-state index in [0.29, 0.717) is 39.5 Å². The van der Waals surface area contributed by atoms with Crippen LogP contribution in [0.15, 0.2) is 134 Å². The summed E-state index contributed by atoms with van der Waals surface area (Å²) in [6.45, 7) is 3.52. The first-order valence-corrected chi connectivity index (χ1v) is 19.6. The zero-order chi connectivity index (χ0) is 37.9. The first-order valence-electron chi connectivity index (χ1n) is 16.6. The van der Waals surface area contributed by atoms with E-state index in [1.165, 1.54) is 24.3 Å². The largest absolute Gasteiger partial charge is 0.480 e. The molecule has 0 aliphatic rings. The Morgan fingerprint density at radius 2 is 1.06 bits per heavy atom. The van der Waals surface area contributed by atoms with Gasteiger partial charge < -0.3 is 19.0 Å². The Morgan fingerprint density at radius 3 is 1.53 bits per heavy atom. The lowest BCUT2D eigenvalue weighted by Crippen LogP contribution is -2.44. The number of carboxylic acid groups (broad SMARTS) is 2. The Hall–Kier alpha value is -5.54. The average molecular weight is 757 g/mol. The van der Waals surface area contributed by atoms with Crippen LogP contribution in [0.3, 0.4) is 0 Å². The number of carboxylic acids is 2. The van der Waals surface area contributed by atoms with E-state index in [1.54, 1.807) is 43.3 Å². The number of para-hydroxylation sites is 2. The van der Waals surface area contributed by atoms with E-state index in [2.05, 4.69) is 9.44 Å². The summed E-state index contributed by atoms with van der Waals surface area (Å²) in [7, 11) is -8.01. The van der Waals surface area contributed by atoms with Crippen LogP contribution in [0.5, 0.6) is 0 Å². The Kier molecular flexibility index (Phi) is 10.7. The van der Waals surface area contributed by atoms with Gasteiger partial charge in [0.25, 0.3) is 0 Å². The molecule has 0 aliphatic carbocycles. The van der Waals surface area contributed by atoms with Gasteiger partial charge in [-0.15, -0.1) is 0 Å². The molecule has 7 rings (SSSR count). The molecule has 7 aromatic rings. The number of benzene rings is 5. The summed E-state index contributed by atoms with van der Waals surface area (Å²) in [4.78, 5) is 23.0. The monoisotopic (exact) mass is 756 g/mol. The zero-order valence-corrected chi connectivity index (χ0v) is 30.2. The Balaban J connectivity index is 0.000000183. The van der Waals surface area contributed by atoms with Crippen LogP contribution >= 0.6 is 0 Å². The van der Waals surface area contributed by atoms with Gasteiger partial charge in [-0.05, 0) is 66.4 Å². The predicted octanol–water partition coefficient (Wildman–Crippen LogP) is 6.92. The van der Waals surface area contributed by atoms with Crippen LogP contribution in [0.1, 0.15) is 25.8 Å². The minimum Gasteiger partial charge on any atom is -0.480 e. The van der Waals surface area contributed by atoms with E-state index >= 15 is 0 Å². The zero-order valence-electron chi connectivity index (χ0n) is 28.6. The van der Waals surface area contributed by atoms with Crippen molar-refractivity contribution in [3.63, 3.8) is 0 Å². The Morgan fingerprint density at radius 1 is 0.604 bits per heavy atom. The highest BCUT2D eigenvalue weighted by Gasteiger charge is 2.30. The molecule has 0 bridgehead atoms. The number of nitrogens with one attached hydrogen (secondary N) is 2. The van der Waals surface area contributed by atoms with Crippen LogP contribution in [0.25, 0.3) is 43.9 Å². The molecule has 53 heavy (non-hydrogen) atoms. The molecule has 0 fully saturated rings. The molecule has 4 N–H and O–H groups in total. The molecule has 0 saturated heterocycles. The lowest BCUT2D eigenvalue weighted by atomic mass is 10.0. The molecule has 0 saturated carbocycles. The Bertz CT molecular complexity index is 2670. The first-order chi connectivity index (χ1) is 25.3. The number of carbonyl (C=O) groups is 2. The van der Waals surface area contributed by atoms with Gasteiger partial charge in [-0.2, -0.15) is 9.44 Å². The lowest BCUT2D eigenvalue weighted by molar-refractivity contribution is -0.140. The van der Waals surface area contributed by atoms with Gasteiger partial charge in [0.15, 0.2) is 0 Å². The first kappa shape index (κ1) is 37.2. The van der Waals surface area contributed by atoms with E-state index < -0.39 is 44.1 Å². The van der Waals surface area contributed by atoms with E-state index in [1.807, 2.05) is 61.5 Å². The van der Waals surface area contributed by atoms with Gasteiger partial charge in [-0.1, -0.05) is 87.0 Å². The minimum atomic E-state index is -4.04. The molecule has 0 amide bonds. The third-order valence-corrected chi connectivity index (χ3v) is 11.9. The van der Waals surface area contributed by atoms with Crippen LogP contribution in [-0.4, -0.2) is 51.1 Å². The molecule has 1 unspecified atom stereocenters. The number of hydrogen-bond donors (Lipinski definition) is 4. The van der Waals surface area contributed by atoms with Crippen molar-refractivity contribution in [3.8, 4) is 0 Å². The van der Waals surface area contributed by atoms with Gasteiger partial charge in [0.2, 0.25) is 20.0 Å². The summed E-state index contributed by atoms with van der Waals surface area (Å²) >= 11 is 0. The second kappa shape index (κ2) is 15.2. The highest BCUT2D eigenvalue weighted by molar-refractivity contribution is 7.89. The lowest BCUT2D eigenvalue weighted by Gasteiger charge is -2.20. The number of rotatable bonds is 12. The van der Waals surface area contributed by atoms with Crippen LogP contribution in [0.4, 0.5) is 0 Å². The molecular weight excluding hydrogens is 721 g/mol.